The molecule has 0 spiro atoms. The van der Waals surface area contributed by atoms with Crippen molar-refractivity contribution in [3.05, 3.63) is 29.3 Å². The van der Waals surface area contributed by atoms with E-state index >= 15 is 0 Å². The summed E-state index contributed by atoms with van der Waals surface area (Å²) in [6.07, 6.45) is 1.42. The minimum Gasteiger partial charge on any atom is -0.479 e. The summed E-state index contributed by atoms with van der Waals surface area (Å²) in [4.78, 5) is 11.3. The Morgan fingerprint density at radius 3 is 3.00 bits per heavy atom. The Morgan fingerprint density at radius 1 is 1.35 bits per heavy atom. The summed E-state index contributed by atoms with van der Waals surface area (Å²) in [7, 11) is 0. The fraction of sp³-hybridized carbons (Fsp3) is 0.462. The average Bonchev–Trinajstić information content (AvgIpc) is 2.87. The van der Waals surface area contributed by atoms with Gasteiger partial charge in [-0.1, -0.05) is 6.07 Å². The predicted molar refractivity (Wildman–Crippen MR) is 59.7 cm³/mol. The zero-order valence-electron chi connectivity index (χ0n) is 9.39. The SMILES string of the molecule is O=C1OCCC1Oc1ccc2c(c1)CC[C@H]2O. The lowest BCUT2D eigenvalue weighted by Crippen LogP contribution is -2.21. The Balaban J connectivity index is 1.78. The molecule has 1 aliphatic carbocycles. The van der Waals surface area contributed by atoms with Gasteiger partial charge >= 0.3 is 5.97 Å². The van der Waals surface area contributed by atoms with Crippen LogP contribution < -0.4 is 4.74 Å². The van der Waals surface area contributed by atoms with Crippen LogP contribution in [0.5, 0.6) is 5.75 Å². The highest BCUT2D eigenvalue weighted by molar-refractivity contribution is 5.76. The Hall–Kier alpha value is -1.55. The molecule has 0 radical (unpaired) electrons. The molecule has 1 aliphatic heterocycles. The van der Waals surface area contributed by atoms with Crippen LogP contribution in [0.4, 0.5) is 0 Å². The van der Waals surface area contributed by atoms with Crippen LogP contribution in [0.2, 0.25) is 0 Å². The van der Waals surface area contributed by atoms with Crippen LogP contribution in [0.15, 0.2) is 18.2 Å². The molecule has 3 rings (SSSR count). The molecule has 1 N–H and O–H groups in total. The third-order valence-corrected chi connectivity index (χ3v) is 3.33. The van der Waals surface area contributed by atoms with Gasteiger partial charge in [0.15, 0.2) is 6.10 Å². The average molecular weight is 234 g/mol. The van der Waals surface area contributed by atoms with Gasteiger partial charge in [0.25, 0.3) is 0 Å². The lowest BCUT2D eigenvalue weighted by molar-refractivity contribution is -0.143. The second kappa shape index (κ2) is 4.04. The Bertz CT molecular complexity index is 455. The number of benzene rings is 1. The first-order valence-electron chi connectivity index (χ1n) is 5.88. The van der Waals surface area contributed by atoms with Gasteiger partial charge in [-0.2, -0.15) is 0 Å². The first kappa shape index (κ1) is 10.6. The number of carbonyl (C=O) groups excluding carboxylic acids is 1. The highest BCUT2D eigenvalue weighted by atomic mass is 16.6. The summed E-state index contributed by atoms with van der Waals surface area (Å²) in [6.45, 7) is 0.438. The molecule has 1 aromatic carbocycles. The predicted octanol–water partition coefficient (Wildman–Crippen LogP) is 1.36. The number of aryl methyl sites for hydroxylation is 1. The number of carbonyl (C=O) groups is 1. The van der Waals surface area contributed by atoms with E-state index in [9.17, 15) is 9.90 Å². The number of aliphatic hydroxyl groups is 1. The standard InChI is InChI=1S/C13H14O4/c14-11-4-1-8-7-9(2-3-10(8)11)17-12-5-6-16-13(12)15/h2-3,7,11-12,14H,1,4-6H2/t11-,12?/m1/s1. The minimum absolute atomic E-state index is 0.287. The van der Waals surface area contributed by atoms with Crippen molar-refractivity contribution in [1.29, 1.82) is 0 Å². The Labute approximate surface area is 99.2 Å². The second-order valence-corrected chi connectivity index (χ2v) is 4.48. The molecule has 1 heterocycles. The van der Waals surface area contributed by atoms with Gasteiger partial charge in [0.05, 0.1) is 12.7 Å². The second-order valence-electron chi connectivity index (χ2n) is 4.48. The van der Waals surface area contributed by atoms with E-state index in [0.717, 1.165) is 24.0 Å². The van der Waals surface area contributed by atoms with E-state index in [-0.39, 0.29) is 12.1 Å². The lowest BCUT2D eigenvalue weighted by Gasteiger charge is -2.11. The first-order chi connectivity index (χ1) is 8.24. The summed E-state index contributed by atoms with van der Waals surface area (Å²) in [5.41, 5.74) is 2.09. The van der Waals surface area contributed by atoms with Gasteiger partial charge in [-0.15, -0.1) is 0 Å². The zero-order chi connectivity index (χ0) is 11.8. The van der Waals surface area contributed by atoms with E-state index in [1.165, 1.54) is 0 Å². The monoisotopic (exact) mass is 234 g/mol. The van der Waals surface area contributed by atoms with Gasteiger partial charge in [-0.25, -0.2) is 4.79 Å². The molecule has 2 aliphatic rings. The number of hydrogen-bond donors (Lipinski definition) is 1. The molecule has 90 valence electrons. The van der Waals surface area contributed by atoms with Gasteiger partial charge < -0.3 is 14.6 Å². The minimum atomic E-state index is -0.473. The normalized spacial score (nSPS) is 26.8. The molecule has 0 aromatic heterocycles. The van der Waals surface area contributed by atoms with Crippen molar-refractivity contribution >= 4 is 5.97 Å². The zero-order valence-corrected chi connectivity index (χ0v) is 9.39. The maximum atomic E-state index is 11.3. The molecule has 1 fully saturated rings. The van der Waals surface area contributed by atoms with Crippen LogP contribution in [-0.4, -0.2) is 23.8 Å². The van der Waals surface area contributed by atoms with Crippen LogP contribution in [0.25, 0.3) is 0 Å². The quantitative estimate of drug-likeness (QED) is 0.785. The molecule has 4 heteroatoms. The highest BCUT2D eigenvalue weighted by Gasteiger charge is 2.29. The van der Waals surface area contributed by atoms with Gasteiger partial charge in [-0.3, -0.25) is 0 Å². The van der Waals surface area contributed by atoms with E-state index < -0.39 is 6.10 Å². The number of aliphatic hydroxyl groups excluding tert-OH is 1. The van der Waals surface area contributed by atoms with Gasteiger partial charge in [-0.05, 0) is 36.1 Å². The van der Waals surface area contributed by atoms with Crippen molar-refractivity contribution < 1.29 is 19.4 Å². The smallest absolute Gasteiger partial charge is 0.347 e. The van der Waals surface area contributed by atoms with E-state index in [1.807, 2.05) is 12.1 Å². The molecule has 1 aromatic rings. The van der Waals surface area contributed by atoms with Crippen LogP contribution in [0.3, 0.4) is 0 Å². The molecule has 0 bridgehead atoms. The van der Waals surface area contributed by atoms with E-state index in [0.29, 0.717) is 18.8 Å². The maximum absolute atomic E-state index is 11.3. The summed E-state index contributed by atoms with van der Waals surface area (Å²) >= 11 is 0. The van der Waals surface area contributed by atoms with E-state index in [2.05, 4.69) is 0 Å². The maximum Gasteiger partial charge on any atom is 0.347 e. The number of fused-ring (bicyclic) bond motifs is 1. The van der Waals surface area contributed by atoms with Crippen molar-refractivity contribution in [1.82, 2.24) is 0 Å². The number of ether oxygens (including phenoxy) is 2. The molecule has 2 atom stereocenters. The number of esters is 1. The number of cyclic esters (lactones) is 1. The summed E-state index contributed by atoms with van der Waals surface area (Å²) in [5, 5.41) is 9.68. The number of rotatable bonds is 2. The van der Waals surface area contributed by atoms with Gasteiger partial charge in [0.1, 0.15) is 5.75 Å². The molecule has 0 saturated carbocycles. The molecule has 17 heavy (non-hydrogen) atoms. The Kier molecular flexibility index (Phi) is 2.52. The van der Waals surface area contributed by atoms with Crippen LogP contribution >= 0.6 is 0 Å². The highest BCUT2D eigenvalue weighted by Crippen LogP contribution is 2.33. The molecule has 1 saturated heterocycles. The topological polar surface area (TPSA) is 55.8 Å². The van der Waals surface area contributed by atoms with Crippen LogP contribution in [0.1, 0.15) is 30.1 Å². The molecular formula is C13H14O4. The fourth-order valence-corrected chi connectivity index (χ4v) is 2.39. The van der Waals surface area contributed by atoms with Crippen LogP contribution in [-0.2, 0) is 16.0 Å². The van der Waals surface area contributed by atoms with Crippen molar-refractivity contribution in [3.63, 3.8) is 0 Å². The van der Waals surface area contributed by atoms with E-state index in [1.54, 1.807) is 6.07 Å². The van der Waals surface area contributed by atoms with Gasteiger partial charge in [0.2, 0.25) is 0 Å². The van der Waals surface area contributed by atoms with Gasteiger partial charge in [0, 0.05) is 6.42 Å². The molecule has 4 nitrogen and oxygen atoms in total. The fourth-order valence-electron chi connectivity index (χ4n) is 2.39. The van der Waals surface area contributed by atoms with E-state index in [4.69, 9.17) is 9.47 Å². The Morgan fingerprint density at radius 2 is 2.24 bits per heavy atom. The summed E-state index contributed by atoms with van der Waals surface area (Å²) < 4.78 is 10.4. The third-order valence-electron chi connectivity index (χ3n) is 3.33. The van der Waals surface area contributed by atoms with Crippen molar-refractivity contribution in [3.8, 4) is 5.75 Å². The summed E-state index contributed by atoms with van der Waals surface area (Å²) in [6, 6.07) is 5.60. The molecule has 0 amide bonds. The third kappa shape index (κ3) is 1.89. The molecule has 1 unspecified atom stereocenters. The van der Waals surface area contributed by atoms with Crippen molar-refractivity contribution in [2.24, 2.45) is 0 Å². The first-order valence-corrected chi connectivity index (χ1v) is 5.88. The van der Waals surface area contributed by atoms with Crippen LogP contribution in [0, 0.1) is 0 Å². The molecular weight excluding hydrogens is 220 g/mol. The van der Waals surface area contributed by atoms with Crippen molar-refractivity contribution in [2.45, 2.75) is 31.5 Å². The largest absolute Gasteiger partial charge is 0.479 e. The van der Waals surface area contributed by atoms with Crippen molar-refractivity contribution in [2.75, 3.05) is 6.61 Å². The summed E-state index contributed by atoms with van der Waals surface area (Å²) in [5.74, 6) is 0.396. The number of hydrogen-bond acceptors (Lipinski definition) is 4. The lowest BCUT2D eigenvalue weighted by atomic mass is 10.1.